The first kappa shape index (κ1) is 59.0. The summed E-state index contributed by atoms with van der Waals surface area (Å²) in [6, 6.07) is -5.00. The van der Waals surface area contributed by atoms with Crippen LogP contribution in [-0.2, 0) is 42.7 Å². The van der Waals surface area contributed by atoms with Gasteiger partial charge in [-0.3, -0.25) is 4.79 Å². The van der Waals surface area contributed by atoms with Crippen LogP contribution in [0.4, 0.5) is 19.2 Å². The van der Waals surface area contributed by atoms with Crippen molar-refractivity contribution in [3.8, 4) is 0 Å². The van der Waals surface area contributed by atoms with Gasteiger partial charge in [-0.2, -0.15) is 0 Å². The minimum absolute atomic E-state index is 0.126. The van der Waals surface area contributed by atoms with E-state index in [0.29, 0.717) is 5.76 Å². The van der Waals surface area contributed by atoms with E-state index < -0.39 is 132 Å². The predicted molar refractivity (Wildman–Crippen MR) is 245 cm³/mol. The molecule has 1 saturated heterocycles. The Kier molecular flexibility index (Phi) is 20.7. The molecule has 1 saturated carbocycles. The Morgan fingerprint density at radius 1 is 0.754 bits per heavy atom. The largest absolute Gasteiger partial charge is 0.466 e. The van der Waals surface area contributed by atoms with E-state index >= 15 is 0 Å². The molecule has 0 aromatic carbocycles. The molecule has 2 heterocycles. The number of aliphatic hydroxyl groups excluding tert-OH is 4. The average molecular weight is 993 g/mol. The lowest BCUT2D eigenvalue weighted by molar-refractivity contribution is -0.311. The fourth-order valence-electron chi connectivity index (χ4n) is 7.57. The molecule has 0 radical (unpaired) electrons. The molecular weight excluding hydrogens is 913 g/mol. The van der Waals surface area contributed by atoms with Gasteiger partial charge in [0.15, 0.2) is 6.29 Å². The van der Waals surface area contributed by atoms with Crippen LogP contribution in [0.3, 0.4) is 0 Å². The quantitative estimate of drug-likeness (QED) is 0.0761. The van der Waals surface area contributed by atoms with Crippen LogP contribution in [0.2, 0.25) is 0 Å². The summed E-state index contributed by atoms with van der Waals surface area (Å²) in [6.45, 7) is 20.6. The van der Waals surface area contributed by atoms with Gasteiger partial charge in [0.05, 0.1) is 43.9 Å². The van der Waals surface area contributed by atoms with Gasteiger partial charge in [0.25, 0.3) is 0 Å². The Labute approximate surface area is 404 Å². The SMILES string of the molecule is CN(C(=O)OC(C)(C)C)[C@@H]1[C@@H](O)[C@@H](O[C@@H]2[C@@H](O)[C@H](O[C@H]3OC(CNCCO)=CC[C@H]3NC(=O)OC(C)(C)C)[C@@H](NC(=O)OC(C)(C)C)C[C@H]2NC(=O)[C@@H](O)CCNC(=O)OC(C)(C)C)OC[C@]1(C)O. The summed E-state index contributed by atoms with van der Waals surface area (Å²) in [5, 5.41) is 69.9. The monoisotopic (exact) mass is 993 g/mol. The number of likely N-dealkylation sites (N-methyl/N-ethyl adjacent to an activating group) is 1. The highest BCUT2D eigenvalue weighted by molar-refractivity contribution is 5.81. The van der Waals surface area contributed by atoms with Crippen LogP contribution in [-0.4, -0.2) is 196 Å². The lowest BCUT2D eigenvalue weighted by Crippen LogP contribution is -2.71. The van der Waals surface area contributed by atoms with Crippen LogP contribution >= 0.6 is 0 Å². The number of rotatable bonds is 16. The topological polar surface area (TPSA) is 324 Å². The van der Waals surface area contributed by atoms with Gasteiger partial charge < -0.3 is 94.9 Å². The van der Waals surface area contributed by atoms with E-state index in [1.807, 2.05) is 0 Å². The van der Waals surface area contributed by atoms with Gasteiger partial charge in [-0.25, -0.2) is 19.2 Å². The van der Waals surface area contributed by atoms with Gasteiger partial charge in [-0.1, -0.05) is 0 Å². The molecule has 0 bridgehead atoms. The van der Waals surface area contributed by atoms with Crippen molar-refractivity contribution in [2.24, 2.45) is 0 Å². The second-order valence-corrected chi connectivity index (χ2v) is 21.6. The summed E-state index contributed by atoms with van der Waals surface area (Å²) in [4.78, 5) is 67.0. The van der Waals surface area contributed by atoms with Crippen molar-refractivity contribution in [1.29, 1.82) is 0 Å². The van der Waals surface area contributed by atoms with Crippen molar-refractivity contribution >= 4 is 30.3 Å². The number of carbonyl (C=O) groups is 5. The summed E-state index contributed by atoms with van der Waals surface area (Å²) in [5.74, 6) is -0.642. The minimum Gasteiger partial charge on any atom is -0.466 e. The van der Waals surface area contributed by atoms with Crippen LogP contribution < -0.4 is 26.6 Å². The van der Waals surface area contributed by atoms with Gasteiger partial charge in [-0.15, -0.1) is 0 Å². The van der Waals surface area contributed by atoms with Crippen LogP contribution in [0.25, 0.3) is 0 Å². The van der Waals surface area contributed by atoms with Crippen LogP contribution in [0, 0.1) is 0 Å². The summed E-state index contributed by atoms with van der Waals surface area (Å²) < 4.78 is 46.8. The fourth-order valence-corrected chi connectivity index (χ4v) is 7.57. The number of nitrogens with one attached hydrogen (secondary N) is 5. The smallest absolute Gasteiger partial charge is 0.410 e. The first-order valence-corrected chi connectivity index (χ1v) is 23.2. The summed E-state index contributed by atoms with van der Waals surface area (Å²) >= 11 is 0. The van der Waals surface area contributed by atoms with Crippen molar-refractivity contribution in [3.05, 3.63) is 11.8 Å². The molecule has 0 aromatic heterocycles. The third-order valence-corrected chi connectivity index (χ3v) is 10.3. The number of hydrogen-bond acceptors (Lipinski definition) is 19. The highest BCUT2D eigenvalue weighted by Gasteiger charge is 2.55. The number of ether oxygens (including phenoxy) is 8. The van der Waals surface area contributed by atoms with E-state index in [0.717, 1.165) is 4.90 Å². The van der Waals surface area contributed by atoms with E-state index in [9.17, 15) is 49.5 Å². The Bertz CT molecular complexity index is 1760. The number of carbonyl (C=O) groups excluding carboxylic acids is 5. The Balaban J connectivity index is 2.10. The first-order chi connectivity index (χ1) is 31.6. The summed E-state index contributed by atoms with van der Waals surface area (Å²) in [5.41, 5.74) is -5.53. The third kappa shape index (κ3) is 19.5. The molecule has 10 N–H and O–H groups in total. The van der Waals surface area contributed by atoms with E-state index in [-0.39, 0.29) is 45.5 Å². The number of amides is 5. The molecule has 12 atom stereocenters. The molecule has 3 rings (SSSR count). The third-order valence-electron chi connectivity index (χ3n) is 10.3. The molecule has 398 valence electrons. The Morgan fingerprint density at radius 3 is 1.80 bits per heavy atom. The number of nitrogens with zero attached hydrogens (tertiary/aromatic N) is 1. The fraction of sp³-hybridized carbons (Fsp3) is 0.844. The zero-order valence-corrected chi connectivity index (χ0v) is 42.6. The Hall–Kier alpha value is -4.27. The second-order valence-electron chi connectivity index (χ2n) is 21.6. The highest BCUT2D eigenvalue weighted by Crippen LogP contribution is 2.35. The molecule has 5 amide bonds. The molecule has 24 heteroatoms. The number of hydrogen-bond donors (Lipinski definition) is 10. The number of aliphatic hydroxyl groups is 5. The number of alkyl carbamates (subject to hydrolysis) is 3. The molecule has 0 spiro atoms. The molecule has 2 aliphatic heterocycles. The van der Waals surface area contributed by atoms with Gasteiger partial charge >= 0.3 is 24.4 Å². The normalized spacial score (nSPS) is 29.2. The second kappa shape index (κ2) is 24.2. The van der Waals surface area contributed by atoms with E-state index in [1.54, 1.807) is 89.2 Å². The molecule has 3 aliphatic rings. The molecular formula is C45H80N6O18. The van der Waals surface area contributed by atoms with Crippen molar-refractivity contribution in [2.75, 3.05) is 39.9 Å². The maximum absolute atomic E-state index is 13.8. The standard InChI is InChI=1S/C45H80N6O18/c1-41(2,3)66-37(57)47-18-17-28(53)34(56)48-26-21-27(50-39(59)68-43(7,8)9)32(64-35-25(49-38(58)67-42(4,5)6)16-15-24(63-35)22-46-19-20-52)29(54)31(26)65-36-30(55)33(45(13,61)23-62-36)51(14)40(60)69-44(10,11)12/h15,25-33,35-36,46,52-55,61H,16-23H2,1-14H3,(H,47,57)(H,48,56)(H,49,58)(H,50,59)/t25-,26-,27+,28+,29-,30-,31+,32-,33-,35-,36-,45+/m1/s1. The highest BCUT2D eigenvalue weighted by atomic mass is 16.7. The molecule has 0 unspecified atom stereocenters. The molecule has 2 fully saturated rings. The van der Waals surface area contributed by atoms with Crippen molar-refractivity contribution < 1.29 is 87.4 Å². The maximum atomic E-state index is 13.8. The van der Waals surface area contributed by atoms with Crippen LogP contribution in [0.5, 0.6) is 0 Å². The van der Waals surface area contributed by atoms with Gasteiger partial charge in [0.1, 0.15) is 64.3 Å². The Morgan fingerprint density at radius 2 is 1.26 bits per heavy atom. The van der Waals surface area contributed by atoms with Gasteiger partial charge in [-0.05, 0) is 115 Å². The van der Waals surface area contributed by atoms with Crippen molar-refractivity contribution in [3.63, 3.8) is 0 Å². The average Bonchev–Trinajstić information content (AvgIpc) is 3.16. The molecule has 0 aromatic rings. The van der Waals surface area contributed by atoms with Crippen molar-refractivity contribution in [1.82, 2.24) is 31.5 Å². The van der Waals surface area contributed by atoms with Gasteiger partial charge in [0, 0.05) is 20.1 Å². The van der Waals surface area contributed by atoms with Gasteiger partial charge in [0.2, 0.25) is 12.2 Å². The first-order valence-electron chi connectivity index (χ1n) is 23.2. The minimum atomic E-state index is -1.90. The predicted octanol–water partition coefficient (Wildman–Crippen LogP) is 0.984. The lowest BCUT2D eigenvalue weighted by Gasteiger charge is -2.50. The lowest BCUT2D eigenvalue weighted by atomic mass is 9.82. The van der Waals surface area contributed by atoms with E-state index in [4.69, 9.17) is 37.9 Å². The summed E-state index contributed by atoms with van der Waals surface area (Å²) in [6.07, 6.45) is -14.0. The van der Waals surface area contributed by atoms with E-state index in [2.05, 4.69) is 26.6 Å². The maximum Gasteiger partial charge on any atom is 0.410 e. The van der Waals surface area contributed by atoms with Crippen LogP contribution in [0.15, 0.2) is 11.8 Å². The molecule has 24 nitrogen and oxygen atoms in total. The zero-order valence-electron chi connectivity index (χ0n) is 42.6. The molecule has 1 aliphatic carbocycles. The van der Waals surface area contributed by atoms with Crippen LogP contribution in [0.1, 0.15) is 109 Å². The van der Waals surface area contributed by atoms with E-state index in [1.165, 1.54) is 14.0 Å². The zero-order chi connectivity index (χ0) is 52.4. The van der Waals surface area contributed by atoms with Crippen molar-refractivity contribution in [2.45, 2.75) is 205 Å². The summed E-state index contributed by atoms with van der Waals surface area (Å²) in [7, 11) is 1.31. The molecule has 69 heavy (non-hydrogen) atoms.